The summed E-state index contributed by atoms with van der Waals surface area (Å²) >= 11 is 0. The zero-order valence-electron chi connectivity index (χ0n) is 5.86. The van der Waals surface area contributed by atoms with Crippen LogP contribution in [0.25, 0.3) is 0 Å². The zero-order chi connectivity index (χ0) is 7.14. The van der Waals surface area contributed by atoms with Crippen LogP contribution in [0.3, 0.4) is 0 Å². The third-order valence-corrected chi connectivity index (χ3v) is 1.84. The van der Waals surface area contributed by atoms with E-state index in [9.17, 15) is 0 Å². The van der Waals surface area contributed by atoms with Crippen LogP contribution < -0.4 is 5.73 Å². The molecule has 54 valence electrons. The molecule has 10 heavy (non-hydrogen) atoms. The third kappa shape index (κ3) is 0.806. The minimum Gasteiger partial charge on any atom is -0.327 e. The average Bonchev–Trinajstić information content (AvgIpc) is 2.42. The molecule has 0 radical (unpaired) electrons. The number of nitrogens with two attached hydrogens (primary N) is 1. The second kappa shape index (κ2) is 1.79. The summed E-state index contributed by atoms with van der Waals surface area (Å²) in [5, 5.41) is 7.78. The van der Waals surface area contributed by atoms with Gasteiger partial charge in [0, 0.05) is 25.2 Å². The van der Waals surface area contributed by atoms with Crippen molar-refractivity contribution in [3.63, 3.8) is 0 Å². The lowest BCUT2D eigenvalue weighted by molar-refractivity contribution is 0.713. The fraction of sp³-hybridized carbons (Fsp3) is 0.667. The van der Waals surface area contributed by atoms with Gasteiger partial charge in [-0.05, 0) is 6.42 Å². The van der Waals surface area contributed by atoms with Crippen molar-refractivity contribution >= 4 is 0 Å². The summed E-state index contributed by atoms with van der Waals surface area (Å²) in [6, 6.07) is 0.330. The van der Waals surface area contributed by atoms with Crippen LogP contribution in [0.5, 0.6) is 0 Å². The maximum atomic E-state index is 5.63. The number of hydrogen-bond donors (Lipinski definition) is 1. The molecule has 0 aliphatic heterocycles. The third-order valence-electron chi connectivity index (χ3n) is 1.84. The van der Waals surface area contributed by atoms with Gasteiger partial charge < -0.3 is 5.73 Å². The lowest BCUT2D eigenvalue weighted by atomic mass is 10.3. The summed E-state index contributed by atoms with van der Waals surface area (Å²) in [7, 11) is 1.87. The molecule has 0 amide bonds. The first-order chi connectivity index (χ1) is 4.77. The smallest absolute Gasteiger partial charge is 0.0873 e. The summed E-state index contributed by atoms with van der Waals surface area (Å²) in [5.41, 5.74) is 6.67. The zero-order valence-corrected chi connectivity index (χ0v) is 5.86. The Balaban J connectivity index is 2.20. The van der Waals surface area contributed by atoms with Crippen LogP contribution in [0.1, 0.15) is 18.0 Å². The van der Waals surface area contributed by atoms with Gasteiger partial charge in [0.1, 0.15) is 0 Å². The van der Waals surface area contributed by atoms with E-state index in [0.717, 1.165) is 12.1 Å². The molecule has 4 nitrogen and oxygen atoms in total. The van der Waals surface area contributed by atoms with Crippen molar-refractivity contribution in [3.8, 4) is 0 Å². The molecule has 1 aromatic rings. The highest BCUT2D eigenvalue weighted by Gasteiger charge is 2.36. The summed E-state index contributed by atoms with van der Waals surface area (Å²) in [6.07, 6.45) is 3.00. The number of aryl methyl sites for hydroxylation is 1. The molecule has 1 fully saturated rings. The van der Waals surface area contributed by atoms with Crippen molar-refractivity contribution in [2.75, 3.05) is 0 Å². The summed E-state index contributed by atoms with van der Waals surface area (Å²) in [5.74, 6) is 0.480. The quantitative estimate of drug-likeness (QED) is 0.576. The number of aromatic nitrogens is 3. The van der Waals surface area contributed by atoms with Crippen molar-refractivity contribution in [1.82, 2.24) is 15.0 Å². The van der Waals surface area contributed by atoms with Crippen molar-refractivity contribution < 1.29 is 0 Å². The van der Waals surface area contributed by atoms with E-state index < -0.39 is 0 Å². The Kier molecular flexibility index (Phi) is 1.05. The maximum absolute atomic E-state index is 5.63. The molecule has 1 aliphatic rings. The van der Waals surface area contributed by atoms with Gasteiger partial charge in [-0.1, -0.05) is 5.21 Å². The lowest BCUT2D eigenvalue weighted by Gasteiger charge is -1.84. The predicted octanol–water partition coefficient (Wildman–Crippen LogP) is -0.370. The Bertz CT molecular complexity index is 242. The first-order valence-corrected chi connectivity index (χ1v) is 3.39. The first-order valence-electron chi connectivity index (χ1n) is 3.39. The van der Waals surface area contributed by atoms with Gasteiger partial charge in [-0.15, -0.1) is 5.10 Å². The molecule has 1 heterocycles. The van der Waals surface area contributed by atoms with Crippen molar-refractivity contribution in [2.45, 2.75) is 18.4 Å². The van der Waals surface area contributed by atoms with Gasteiger partial charge in [-0.2, -0.15) is 0 Å². The van der Waals surface area contributed by atoms with Gasteiger partial charge in [-0.25, -0.2) is 0 Å². The average molecular weight is 138 g/mol. The van der Waals surface area contributed by atoms with Crippen LogP contribution in [0.15, 0.2) is 6.20 Å². The highest BCUT2D eigenvalue weighted by atomic mass is 15.4. The summed E-state index contributed by atoms with van der Waals surface area (Å²) in [4.78, 5) is 0. The molecule has 0 spiro atoms. The molecular formula is C6H10N4. The second-order valence-electron chi connectivity index (χ2n) is 2.82. The van der Waals surface area contributed by atoms with Crippen LogP contribution in [-0.2, 0) is 7.05 Å². The van der Waals surface area contributed by atoms with Crippen LogP contribution in [-0.4, -0.2) is 21.0 Å². The molecule has 1 aromatic heterocycles. The van der Waals surface area contributed by atoms with Gasteiger partial charge in [0.05, 0.1) is 5.69 Å². The minimum atomic E-state index is 0.330. The van der Waals surface area contributed by atoms with Crippen LogP contribution in [0.2, 0.25) is 0 Å². The molecule has 0 bridgehead atoms. The van der Waals surface area contributed by atoms with E-state index in [-0.39, 0.29) is 0 Å². The molecule has 2 unspecified atom stereocenters. The van der Waals surface area contributed by atoms with E-state index in [1.165, 1.54) is 0 Å². The topological polar surface area (TPSA) is 56.7 Å². The summed E-state index contributed by atoms with van der Waals surface area (Å²) < 4.78 is 1.71. The van der Waals surface area contributed by atoms with Crippen molar-refractivity contribution in [3.05, 3.63) is 11.9 Å². The number of nitrogens with zero attached hydrogens (tertiary/aromatic N) is 3. The molecular weight excluding hydrogens is 128 g/mol. The van der Waals surface area contributed by atoms with Gasteiger partial charge in [0.2, 0.25) is 0 Å². The molecule has 4 heteroatoms. The van der Waals surface area contributed by atoms with E-state index in [1.54, 1.807) is 4.68 Å². The highest BCUT2D eigenvalue weighted by Crippen LogP contribution is 2.37. The fourth-order valence-corrected chi connectivity index (χ4v) is 1.09. The molecule has 1 aliphatic carbocycles. The normalized spacial score (nSPS) is 30.6. The largest absolute Gasteiger partial charge is 0.327 e. The van der Waals surface area contributed by atoms with Crippen molar-refractivity contribution in [1.29, 1.82) is 0 Å². The molecule has 0 saturated heterocycles. The number of hydrogen-bond acceptors (Lipinski definition) is 3. The first kappa shape index (κ1) is 5.85. The van der Waals surface area contributed by atoms with E-state index in [1.807, 2.05) is 13.2 Å². The lowest BCUT2D eigenvalue weighted by Crippen LogP contribution is -2.00. The van der Waals surface area contributed by atoms with Crippen LogP contribution in [0, 0.1) is 0 Å². The molecule has 2 rings (SSSR count). The van der Waals surface area contributed by atoms with Gasteiger partial charge in [-0.3, -0.25) is 4.68 Å². The predicted molar refractivity (Wildman–Crippen MR) is 36.3 cm³/mol. The van der Waals surface area contributed by atoms with Crippen molar-refractivity contribution in [2.24, 2.45) is 12.8 Å². The monoisotopic (exact) mass is 138 g/mol. The summed E-state index contributed by atoms with van der Waals surface area (Å²) in [6.45, 7) is 0. The maximum Gasteiger partial charge on any atom is 0.0873 e. The van der Waals surface area contributed by atoms with Crippen LogP contribution in [0.4, 0.5) is 0 Å². The standard InChI is InChI=1S/C6H10N4/c1-10-3-6(8-9-10)4-2-5(4)7/h3-5H,2,7H2,1H3. The van der Waals surface area contributed by atoms with E-state index in [0.29, 0.717) is 12.0 Å². The highest BCUT2D eigenvalue weighted by molar-refractivity contribution is 5.16. The second-order valence-corrected chi connectivity index (χ2v) is 2.82. The van der Waals surface area contributed by atoms with Gasteiger partial charge in [0.15, 0.2) is 0 Å². The van der Waals surface area contributed by atoms with Crippen LogP contribution >= 0.6 is 0 Å². The fourth-order valence-electron chi connectivity index (χ4n) is 1.09. The Hall–Kier alpha value is -0.900. The van der Waals surface area contributed by atoms with Gasteiger partial charge >= 0.3 is 0 Å². The number of rotatable bonds is 1. The Morgan fingerprint density at radius 2 is 2.50 bits per heavy atom. The molecule has 1 saturated carbocycles. The molecule has 2 N–H and O–H groups in total. The Morgan fingerprint density at radius 1 is 1.80 bits per heavy atom. The van der Waals surface area contributed by atoms with E-state index in [2.05, 4.69) is 10.3 Å². The van der Waals surface area contributed by atoms with E-state index in [4.69, 9.17) is 5.73 Å². The Labute approximate surface area is 59.0 Å². The molecule has 0 aromatic carbocycles. The Morgan fingerprint density at radius 3 is 2.90 bits per heavy atom. The SMILES string of the molecule is Cn1cc(C2CC2N)nn1. The minimum absolute atomic E-state index is 0.330. The van der Waals surface area contributed by atoms with E-state index >= 15 is 0 Å². The molecule has 2 atom stereocenters. The van der Waals surface area contributed by atoms with Gasteiger partial charge in [0.25, 0.3) is 0 Å².